The monoisotopic (exact) mass is 473 g/mol. The number of thioether (sulfide) groups is 1. The van der Waals surface area contributed by atoms with E-state index < -0.39 is 21.3 Å². The molecular formula is C27H23NO3S2. The fourth-order valence-corrected chi connectivity index (χ4v) is 6.27. The summed E-state index contributed by atoms with van der Waals surface area (Å²) in [6.45, 7) is 3.96. The number of fused-ring (bicyclic) bond motifs is 1. The Morgan fingerprint density at radius 2 is 1.42 bits per heavy atom. The van der Waals surface area contributed by atoms with Crippen molar-refractivity contribution in [3.63, 3.8) is 0 Å². The lowest BCUT2D eigenvalue weighted by molar-refractivity contribution is 0.224. The molecule has 0 saturated heterocycles. The summed E-state index contributed by atoms with van der Waals surface area (Å²) in [5, 5.41) is 1.42. The third-order valence-electron chi connectivity index (χ3n) is 5.72. The van der Waals surface area contributed by atoms with Gasteiger partial charge in [-0.3, -0.25) is 0 Å². The first kappa shape index (κ1) is 21.7. The molecule has 0 amide bonds. The second-order valence-electron chi connectivity index (χ2n) is 8.20. The zero-order valence-corrected chi connectivity index (χ0v) is 19.9. The van der Waals surface area contributed by atoms with E-state index >= 15 is 0 Å². The molecule has 1 aliphatic heterocycles. The molecule has 0 unspecified atom stereocenters. The van der Waals surface area contributed by atoms with Crippen molar-refractivity contribution < 1.29 is 13.2 Å². The van der Waals surface area contributed by atoms with E-state index in [0.29, 0.717) is 5.23 Å². The number of sulfone groups is 1. The van der Waals surface area contributed by atoms with Gasteiger partial charge < -0.3 is 4.74 Å². The summed E-state index contributed by atoms with van der Waals surface area (Å²) in [5.74, 6) is 0. The van der Waals surface area contributed by atoms with Crippen LogP contribution in [0.25, 0.3) is 10.8 Å². The zero-order valence-electron chi connectivity index (χ0n) is 18.3. The lowest BCUT2D eigenvalue weighted by Crippen LogP contribution is -2.24. The van der Waals surface area contributed by atoms with Gasteiger partial charge in [0, 0.05) is 4.90 Å². The van der Waals surface area contributed by atoms with Crippen LogP contribution in [0.15, 0.2) is 106 Å². The number of benzene rings is 4. The molecule has 4 aromatic rings. The van der Waals surface area contributed by atoms with E-state index in [1.807, 2.05) is 80.6 Å². The summed E-state index contributed by atoms with van der Waals surface area (Å²) in [5.41, 5.74) is 2.95. The Bertz CT molecular complexity index is 1440. The predicted octanol–water partition coefficient (Wildman–Crippen LogP) is 6.48. The highest BCUT2D eigenvalue weighted by Crippen LogP contribution is 2.40. The van der Waals surface area contributed by atoms with E-state index in [4.69, 9.17) is 4.74 Å². The molecule has 4 nitrogen and oxygen atoms in total. The third kappa shape index (κ3) is 4.41. The SMILES string of the molecule is Cc1ccc(SC2=N[C@H](S(=O)(=O)c3ccc(C)cc3)[C@@H](c3ccc4ccccc4c3)O2)cc1. The van der Waals surface area contributed by atoms with E-state index in [9.17, 15) is 8.42 Å². The molecule has 0 aromatic heterocycles. The van der Waals surface area contributed by atoms with Gasteiger partial charge in [-0.1, -0.05) is 71.8 Å². The quantitative estimate of drug-likeness (QED) is 0.341. The van der Waals surface area contributed by atoms with Gasteiger partial charge in [0.2, 0.25) is 15.2 Å². The molecule has 0 fully saturated rings. The van der Waals surface area contributed by atoms with E-state index in [1.54, 1.807) is 24.3 Å². The summed E-state index contributed by atoms with van der Waals surface area (Å²) in [6.07, 6.45) is -0.728. The molecule has 0 bridgehead atoms. The van der Waals surface area contributed by atoms with E-state index in [1.165, 1.54) is 11.8 Å². The van der Waals surface area contributed by atoms with Gasteiger partial charge in [-0.25, -0.2) is 13.4 Å². The lowest BCUT2D eigenvalue weighted by Gasteiger charge is -2.19. The van der Waals surface area contributed by atoms with Gasteiger partial charge in [-0.15, -0.1) is 0 Å². The zero-order chi connectivity index (χ0) is 23.0. The highest BCUT2D eigenvalue weighted by molar-refractivity contribution is 8.13. The molecule has 0 spiro atoms. The van der Waals surface area contributed by atoms with Gasteiger partial charge in [-0.05, 0) is 72.3 Å². The van der Waals surface area contributed by atoms with Gasteiger partial charge in [0.25, 0.3) is 5.23 Å². The normalized spacial score (nSPS) is 18.2. The van der Waals surface area contributed by atoms with Gasteiger partial charge in [0.1, 0.15) is 0 Å². The molecule has 33 heavy (non-hydrogen) atoms. The van der Waals surface area contributed by atoms with Crippen molar-refractivity contribution in [2.45, 2.75) is 35.1 Å². The molecule has 0 radical (unpaired) electrons. The largest absolute Gasteiger partial charge is 0.461 e. The van der Waals surface area contributed by atoms with Crippen molar-refractivity contribution >= 4 is 37.6 Å². The lowest BCUT2D eigenvalue weighted by atomic mass is 10.0. The molecule has 2 atom stereocenters. The van der Waals surface area contributed by atoms with E-state index in [0.717, 1.165) is 32.4 Å². The minimum absolute atomic E-state index is 0.248. The van der Waals surface area contributed by atoms with Crippen molar-refractivity contribution in [3.8, 4) is 0 Å². The van der Waals surface area contributed by atoms with Crippen LogP contribution in [-0.2, 0) is 14.6 Å². The average molecular weight is 474 g/mol. The first-order valence-electron chi connectivity index (χ1n) is 10.7. The standard InChI is InChI=1S/C27H23NO3S2/c1-18-7-13-23(14-8-18)32-27-28-26(33(29,30)24-15-9-19(2)10-16-24)25(31-27)22-12-11-20-5-3-4-6-21(20)17-22/h3-17,25-26H,1-2H3/t25-,26-/m1/s1. The van der Waals surface area contributed by atoms with Crippen LogP contribution in [-0.4, -0.2) is 19.0 Å². The summed E-state index contributed by atoms with van der Waals surface area (Å²) < 4.78 is 33.5. The number of nitrogens with zero attached hydrogens (tertiary/aromatic N) is 1. The van der Waals surface area contributed by atoms with Crippen LogP contribution in [0.4, 0.5) is 0 Å². The smallest absolute Gasteiger partial charge is 0.252 e. The maximum Gasteiger partial charge on any atom is 0.252 e. The van der Waals surface area contributed by atoms with Gasteiger partial charge in [0.15, 0.2) is 6.10 Å². The molecule has 1 aliphatic rings. The van der Waals surface area contributed by atoms with Gasteiger partial charge in [-0.2, -0.15) is 0 Å². The fourth-order valence-electron chi connectivity index (χ4n) is 3.84. The maximum atomic E-state index is 13.6. The first-order valence-corrected chi connectivity index (χ1v) is 13.0. The Kier molecular flexibility index (Phi) is 5.72. The Balaban J connectivity index is 1.55. The maximum absolute atomic E-state index is 13.6. The summed E-state index contributed by atoms with van der Waals surface area (Å²) in [6, 6.07) is 28.8. The Morgan fingerprint density at radius 3 is 2.12 bits per heavy atom. The van der Waals surface area contributed by atoms with Crippen LogP contribution in [0.3, 0.4) is 0 Å². The minimum Gasteiger partial charge on any atom is -0.461 e. The van der Waals surface area contributed by atoms with Crippen LogP contribution in [0.5, 0.6) is 0 Å². The molecule has 4 aromatic carbocycles. The number of hydrogen-bond donors (Lipinski definition) is 0. The fraction of sp³-hybridized carbons (Fsp3) is 0.148. The highest BCUT2D eigenvalue weighted by Gasteiger charge is 2.42. The summed E-state index contributed by atoms with van der Waals surface area (Å²) >= 11 is 1.34. The molecule has 166 valence electrons. The van der Waals surface area contributed by atoms with Crippen LogP contribution in [0.2, 0.25) is 0 Å². The van der Waals surface area contributed by atoms with Crippen molar-refractivity contribution in [1.82, 2.24) is 0 Å². The molecule has 0 saturated carbocycles. The van der Waals surface area contributed by atoms with Crippen molar-refractivity contribution in [2.24, 2.45) is 4.99 Å². The first-order chi connectivity index (χ1) is 15.9. The number of ether oxygens (including phenoxy) is 1. The van der Waals surface area contributed by atoms with Crippen molar-refractivity contribution in [2.75, 3.05) is 0 Å². The van der Waals surface area contributed by atoms with E-state index in [2.05, 4.69) is 4.99 Å². The van der Waals surface area contributed by atoms with Crippen molar-refractivity contribution in [3.05, 3.63) is 108 Å². The van der Waals surface area contributed by atoms with Crippen LogP contribution in [0.1, 0.15) is 22.8 Å². The number of aryl methyl sites for hydroxylation is 2. The van der Waals surface area contributed by atoms with Crippen LogP contribution >= 0.6 is 11.8 Å². The molecule has 6 heteroatoms. The van der Waals surface area contributed by atoms with E-state index in [-0.39, 0.29) is 4.90 Å². The van der Waals surface area contributed by atoms with Crippen LogP contribution in [0, 0.1) is 13.8 Å². The van der Waals surface area contributed by atoms with Crippen molar-refractivity contribution in [1.29, 1.82) is 0 Å². The Labute approximate surface area is 198 Å². The molecule has 0 aliphatic carbocycles. The molecule has 1 heterocycles. The molecule has 5 rings (SSSR count). The molecule has 0 N–H and O–H groups in total. The number of hydrogen-bond acceptors (Lipinski definition) is 5. The average Bonchev–Trinajstić information content (AvgIpc) is 3.25. The number of rotatable bonds is 4. The van der Waals surface area contributed by atoms with Gasteiger partial charge in [0.05, 0.1) is 4.90 Å². The Hall–Kier alpha value is -3.09. The molecular weight excluding hydrogens is 450 g/mol. The Morgan fingerprint density at radius 1 is 0.788 bits per heavy atom. The highest BCUT2D eigenvalue weighted by atomic mass is 32.2. The minimum atomic E-state index is -3.76. The summed E-state index contributed by atoms with van der Waals surface area (Å²) in [4.78, 5) is 5.78. The third-order valence-corrected chi connectivity index (χ3v) is 8.52. The summed E-state index contributed by atoms with van der Waals surface area (Å²) in [7, 11) is -3.76. The second kappa shape index (κ2) is 8.69. The topological polar surface area (TPSA) is 55.7 Å². The van der Waals surface area contributed by atoms with Crippen LogP contribution < -0.4 is 0 Å². The van der Waals surface area contributed by atoms with Gasteiger partial charge >= 0.3 is 0 Å². The second-order valence-corrected chi connectivity index (χ2v) is 11.3. The predicted molar refractivity (Wildman–Crippen MR) is 134 cm³/mol. The number of aliphatic imine (C=N–C) groups is 1.